The van der Waals surface area contributed by atoms with E-state index < -0.39 is 0 Å². The van der Waals surface area contributed by atoms with Gasteiger partial charge in [0.15, 0.2) is 0 Å². The molecule has 4 N–H and O–H groups in total. The molecular weight excluding hydrogens is 242 g/mol. The van der Waals surface area contributed by atoms with Crippen molar-refractivity contribution in [3.05, 3.63) is 29.8 Å². The minimum Gasteiger partial charge on any atom is -0.393 e. The van der Waals surface area contributed by atoms with Crippen LogP contribution >= 0.6 is 0 Å². The van der Waals surface area contributed by atoms with Crippen LogP contribution in [0.3, 0.4) is 0 Å². The average molecular weight is 261 g/mol. The molecule has 0 aliphatic carbocycles. The molecule has 2 heterocycles. The predicted molar refractivity (Wildman–Crippen MR) is 72.5 cm³/mol. The van der Waals surface area contributed by atoms with Gasteiger partial charge in [-0.1, -0.05) is 12.1 Å². The third-order valence-electron chi connectivity index (χ3n) is 4.26. The molecule has 5 nitrogen and oxygen atoms in total. The van der Waals surface area contributed by atoms with Crippen molar-refractivity contribution in [2.24, 2.45) is 5.84 Å². The number of aliphatic hydroxyl groups is 1. The van der Waals surface area contributed by atoms with E-state index in [1.807, 2.05) is 17.0 Å². The standard InChI is InChI=1S/C14H19N3O2/c15-16-13-4-2-1-3-12(13)14(19)17-9-5-6-10(17)8-11(18)7-9/h1-4,9-11,16,18H,5-8,15H2. The number of anilines is 1. The van der Waals surface area contributed by atoms with E-state index in [0.717, 1.165) is 12.8 Å². The maximum absolute atomic E-state index is 12.7. The molecule has 2 bridgehead atoms. The summed E-state index contributed by atoms with van der Waals surface area (Å²) in [5, 5.41) is 9.79. The highest BCUT2D eigenvalue weighted by Gasteiger charge is 2.43. The van der Waals surface area contributed by atoms with Gasteiger partial charge in [-0.2, -0.15) is 0 Å². The van der Waals surface area contributed by atoms with Crippen LogP contribution in [0.2, 0.25) is 0 Å². The molecule has 1 amide bonds. The van der Waals surface area contributed by atoms with Crippen molar-refractivity contribution in [2.75, 3.05) is 5.43 Å². The van der Waals surface area contributed by atoms with Crippen LogP contribution in [-0.2, 0) is 0 Å². The summed E-state index contributed by atoms with van der Waals surface area (Å²) < 4.78 is 0. The summed E-state index contributed by atoms with van der Waals surface area (Å²) in [7, 11) is 0. The third-order valence-corrected chi connectivity index (χ3v) is 4.26. The van der Waals surface area contributed by atoms with Crippen molar-refractivity contribution in [3.63, 3.8) is 0 Å². The smallest absolute Gasteiger partial charge is 0.256 e. The molecule has 19 heavy (non-hydrogen) atoms. The van der Waals surface area contributed by atoms with Crippen molar-refractivity contribution < 1.29 is 9.90 Å². The highest BCUT2D eigenvalue weighted by molar-refractivity contribution is 6.00. The van der Waals surface area contributed by atoms with Gasteiger partial charge >= 0.3 is 0 Å². The number of carbonyl (C=O) groups is 1. The maximum atomic E-state index is 12.7. The lowest BCUT2D eigenvalue weighted by Gasteiger charge is -2.37. The fraction of sp³-hybridized carbons (Fsp3) is 0.500. The van der Waals surface area contributed by atoms with Crippen LogP contribution in [0.5, 0.6) is 0 Å². The van der Waals surface area contributed by atoms with Gasteiger partial charge in [0, 0.05) is 12.1 Å². The number of nitrogens with one attached hydrogen (secondary N) is 1. The Bertz CT molecular complexity index is 477. The normalized spacial score (nSPS) is 29.4. The Labute approximate surface area is 112 Å². The first kappa shape index (κ1) is 12.4. The minimum absolute atomic E-state index is 0.0213. The summed E-state index contributed by atoms with van der Waals surface area (Å²) in [6, 6.07) is 7.63. The van der Waals surface area contributed by atoms with Gasteiger partial charge in [0.05, 0.1) is 17.4 Å². The van der Waals surface area contributed by atoms with Gasteiger partial charge in [-0.25, -0.2) is 0 Å². The number of fused-ring (bicyclic) bond motifs is 2. The summed E-state index contributed by atoms with van der Waals surface area (Å²) in [6.45, 7) is 0. The fourth-order valence-electron chi connectivity index (χ4n) is 3.41. The Kier molecular flexibility index (Phi) is 3.16. The van der Waals surface area contributed by atoms with Gasteiger partial charge in [-0.3, -0.25) is 10.6 Å². The van der Waals surface area contributed by atoms with Crippen LogP contribution < -0.4 is 11.3 Å². The molecule has 0 spiro atoms. The Morgan fingerprint density at radius 3 is 2.53 bits per heavy atom. The SMILES string of the molecule is NNc1ccccc1C(=O)N1C2CCC1CC(O)C2. The van der Waals surface area contributed by atoms with Crippen molar-refractivity contribution in [2.45, 2.75) is 43.9 Å². The molecule has 3 rings (SSSR count). The van der Waals surface area contributed by atoms with Crippen LogP contribution in [0.4, 0.5) is 5.69 Å². The average Bonchev–Trinajstić information content (AvgIpc) is 2.70. The summed E-state index contributed by atoms with van der Waals surface area (Å²) in [4.78, 5) is 14.6. The number of carbonyl (C=O) groups excluding carboxylic acids is 1. The number of amides is 1. The molecule has 2 saturated heterocycles. The van der Waals surface area contributed by atoms with Crippen molar-refractivity contribution in [1.29, 1.82) is 0 Å². The van der Waals surface area contributed by atoms with Crippen molar-refractivity contribution in [1.82, 2.24) is 4.90 Å². The number of hydrogen-bond donors (Lipinski definition) is 3. The molecule has 1 aromatic rings. The second-order valence-corrected chi connectivity index (χ2v) is 5.41. The highest BCUT2D eigenvalue weighted by Crippen LogP contribution is 2.37. The van der Waals surface area contributed by atoms with E-state index in [-0.39, 0.29) is 24.1 Å². The first-order valence-electron chi connectivity index (χ1n) is 6.77. The largest absolute Gasteiger partial charge is 0.393 e. The van der Waals surface area contributed by atoms with Crippen molar-refractivity contribution >= 4 is 11.6 Å². The van der Waals surface area contributed by atoms with Crippen molar-refractivity contribution in [3.8, 4) is 0 Å². The molecule has 2 aliphatic heterocycles. The minimum atomic E-state index is -0.260. The first-order chi connectivity index (χ1) is 9.20. The number of nitrogens with two attached hydrogens (primary N) is 1. The summed E-state index contributed by atoms with van der Waals surface area (Å²) >= 11 is 0. The Balaban J connectivity index is 1.89. The molecule has 2 atom stereocenters. The molecule has 5 heteroatoms. The molecular formula is C14H19N3O2. The van der Waals surface area contributed by atoms with E-state index in [0.29, 0.717) is 24.1 Å². The van der Waals surface area contributed by atoms with E-state index >= 15 is 0 Å². The molecule has 2 aliphatic rings. The van der Waals surface area contributed by atoms with E-state index in [4.69, 9.17) is 5.84 Å². The number of hydrogen-bond acceptors (Lipinski definition) is 4. The number of aliphatic hydroxyl groups excluding tert-OH is 1. The number of benzene rings is 1. The van der Waals surface area contributed by atoms with E-state index in [1.54, 1.807) is 12.1 Å². The lowest BCUT2D eigenvalue weighted by atomic mass is 9.98. The zero-order chi connectivity index (χ0) is 13.4. The molecule has 0 saturated carbocycles. The molecule has 0 aromatic heterocycles. The fourth-order valence-corrected chi connectivity index (χ4v) is 3.41. The van der Waals surface area contributed by atoms with Gasteiger partial charge in [-0.05, 0) is 37.8 Å². The van der Waals surface area contributed by atoms with Crippen LogP contribution in [-0.4, -0.2) is 34.1 Å². The topological polar surface area (TPSA) is 78.6 Å². The number of nitrogens with zero attached hydrogens (tertiary/aromatic N) is 1. The number of nitrogen functional groups attached to an aromatic ring is 1. The molecule has 1 aromatic carbocycles. The lowest BCUT2D eigenvalue weighted by molar-refractivity contribution is 0.0287. The van der Waals surface area contributed by atoms with Crippen LogP contribution in [0, 0.1) is 0 Å². The van der Waals surface area contributed by atoms with Crippen LogP contribution in [0.15, 0.2) is 24.3 Å². The van der Waals surface area contributed by atoms with E-state index in [2.05, 4.69) is 5.43 Å². The van der Waals surface area contributed by atoms with Crippen LogP contribution in [0.25, 0.3) is 0 Å². The Hall–Kier alpha value is -1.59. The number of rotatable bonds is 2. The van der Waals surface area contributed by atoms with Gasteiger partial charge in [0.1, 0.15) is 0 Å². The van der Waals surface area contributed by atoms with Crippen LogP contribution in [0.1, 0.15) is 36.0 Å². The summed E-state index contributed by atoms with van der Waals surface area (Å²) in [5.41, 5.74) is 3.84. The quantitative estimate of drug-likeness (QED) is 0.550. The number of para-hydroxylation sites is 1. The first-order valence-corrected chi connectivity index (χ1v) is 6.77. The monoisotopic (exact) mass is 261 g/mol. The zero-order valence-corrected chi connectivity index (χ0v) is 10.7. The molecule has 0 radical (unpaired) electrons. The van der Waals surface area contributed by atoms with Gasteiger partial charge in [-0.15, -0.1) is 0 Å². The lowest BCUT2D eigenvalue weighted by Crippen LogP contribution is -2.48. The number of hydrazine groups is 1. The van der Waals surface area contributed by atoms with Gasteiger partial charge in [0.2, 0.25) is 0 Å². The molecule has 2 unspecified atom stereocenters. The Morgan fingerprint density at radius 2 is 1.89 bits per heavy atom. The second kappa shape index (κ2) is 4.83. The van der Waals surface area contributed by atoms with E-state index in [9.17, 15) is 9.90 Å². The molecule has 2 fully saturated rings. The zero-order valence-electron chi connectivity index (χ0n) is 10.7. The Morgan fingerprint density at radius 1 is 1.26 bits per heavy atom. The molecule has 102 valence electrons. The van der Waals surface area contributed by atoms with Gasteiger partial charge < -0.3 is 15.4 Å². The van der Waals surface area contributed by atoms with E-state index in [1.165, 1.54) is 0 Å². The summed E-state index contributed by atoms with van der Waals surface area (Å²) in [6.07, 6.45) is 3.11. The van der Waals surface area contributed by atoms with Gasteiger partial charge in [0.25, 0.3) is 5.91 Å². The number of piperidine rings is 1. The highest BCUT2D eigenvalue weighted by atomic mass is 16.3. The second-order valence-electron chi connectivity index (χ2n) is 5.41. The summed E-state index contributed by atoms with van der Waals surface area (Å²) in [5.74, 6) is 5.49. The third kappa shape index (κ3) is 2.09. The predicted octanol–water partition coefficient (Wildman–Crippen LogP) is 1.10. The maximum Gasteiger partial charge on any atom is 0.256 e.